The van der Waals surface area contributed by atoms with Crippen molar-refractivity contribution in [2.75, 3.05) is 7.11 Å². The molecule has 15 heavy (non-hydrogen) atoms. The van der Waals surface area contributed by atoms with Gasteiger partial charge in [0.1, 0.15) is 5.75 Å². The first-order valence-electron chi connectivity index (χ1n) is 4.76. The van der Waals surface area contributed by atoms with Gasteiger partial charge in [-0.05, 0) is 23.1 Å². The van der Waals surface area contributed by atoms with Gasteiger partial charge in [-0.1, -0.05) is 26.8 Å². The molecule has 1 rings (SSSR count). The number of ether oxygens (including phenoxy) is 1. The number of carboxylic acid groups (broad SMARTS) is 1. The highest BCUT2D eigenvalue weighted by Gasteiger charge is 2.15. The maximum absolute atomic E-state index is 10.9. The lowest BCUT2D eigenvalue weighted by Gasteiger charge is -2.21. The average Bonchev–Trinajstić information content (AvgIpc) is 2.15. The summed E-state index contributed by atoms with van der Waals surface area (Å²) in [4.78, 5) is 10.9. The summed E-state index contributed by atoms with van der Waals surface area (Å²) in [7, 11) is 1.44. The van der Waals surface area contributed by atoms with Gasteiger partial charge in [0.2, 0.25) is 0 Å². The molecule has 0 saturated carbocycles. The quantitative estimate of drug-likeness (QED) is 0.735. The van der Waals surface area contributed by atoms with Crippen LogP contribution < -0.4 is 9.84 Å². The third-order valence-electron chi connectivity index (χ3n) is 2.29. The molecule has 0 amide bonds. The van der Waals surface area contributed by atoms with Crippen molar-refractivity contribution in [3.63, 3.8) is 0 Å². The van der Waals surface area contributed by atoms with Crippen LogP contribution in [0.2, 0.25) is 0 Å². The summed E-state index contributed by atoms with van der Waals surface area (Å²) in [5.74, 6) is -0.874. The number of hydrogen-bond acceptors (Lipinski definition) is 3. The van der Waals surface area contributed by atoms with Crippen LogP contribution in [-0.2, 0) is 5.41 Å². The Morgan fingerprint density at radius 2 is 1.93 bits per heavy atom. The van der Waals surface area contributed by atoms with E-state index in [2.05, 4.69) is 0 Å². The zero-order valence-electron chi connectivity index (χ0n) is 9.46. The highest BCUT2D eigenvalue weighted by atomic mass is 16.5. The molecular weight excluding hydrogens is 192 g/mol. The van der Waals surface area contributed by atoms with E-state index in [0.717, 1.165) is 5.56 Å². The molecule has 0 spiro atoms. The molecule has 0 fully saturated rings. The maximum atomic E-state index is 10.9. The second kappa shape index (κ2) is 3.93. The van der Waals surface area contributed by atoms with Crippen LogP contribution in [0.15, 0.2) is 18.2 Å². The molecule has 0 saturated heterocycles. The summed E-state index contributed by atoms with van der Waals surface area (Å²) in [5, 5.41) is 10.9. The summed E-state index contributed by atoms with van der Waals surface area (Å²) in [6, 6.07) is 5.13. The predicted octanol–water partition coefficient (Wildman–Crippen LogP) is 1.36. The van der Waals surface area contributed by atoms with Gasteiger partial charge in [-0.25, -0.2) is 0 Å². The monoisotopic (exact) mass is 207 g/mol. The molecule has 1 aromatic carbocycles. The molecule has 0 atom stereocenters. The van der Waals surface area contributed by atoms with Crippen molar-refractivity contribution in [3.05, 3.63) is 29.3 Å². The first-order chi connectivity index (χ1) is 6.86. The fraction of sp³-hybridized carbons (Fsp3) is 0.417. The zero-order chi connectivity index (χ0) is 11.6. The third kappa shape index (κ3) is 2.49. The third-order valence-corrected chi connectivity index (χ3v) is 2.29. The smallest absolute Gasteiger partial charge is 0.127 e. The predicted molar refractivity (Wildman–Crippen MR) is 56.0 cm³/mol. The highest BCUT2D eigenvalue weighted by Crippen LogP contribution is 2.27. The van der Waals surface area contributed by atoms with E-state index >= 15 is 0 Å². The number of hydrogen-bond donors (Lipinski definition) is 0. The topological polar surface area (TPSA) is 49.4 Å². The van der Waals surface area contributed by atoms with Crippen LogP contribution in [0.3, 0.4) is 0 Å². The van der Waals surface area contributed by atoms with Crippen molar-refractivity contribution in [1.82, 2.24) is 0 Å². The summed E-state index contributed by atoms with van der Waals surface area (Å²) < 4.78 is 4.95. The van der Waals surface area contributed by atoms with Crippen molar-refractivity contribution in [3.8, 4) is 5.75 Å². The Hall–Kier alpha value is -1.51. The molecule has 3 heteroatoms. The molecule has 82 valence electrons. The van der Waals surface area contributed by atoms with Gasteiger partial charge in [0, 0.05) is 5.56 Å². The normalized spacial score (nSPS) is 11.2. The van der Waals surface area contributed by atoms with Crippen LogP contribution in [0.1, 0.15) is 36.7 Å². The zero-order valence-corrected chi connectivity index (χ0v) is 9.46. The number of carboxylic acids is 1. The Morgan fingerprint density at radius 3 is 2.33 bits per heavy atom. The summed E-state index contributed by atoms with van der Waals surface area (Å²) >= 11 is 0. The Morgan fingerprint density at radius 1 is 1.33 bits per heavy atom. The van der Waals surface area contributed by atoms with Crippen LogP contribution >= 0.6 is 0 Å². The number of benzene rings is 1. The minimum absolute atomic E-state index is 0.0868. The first-order valence-corrected chi connectivity index (χ1v) is 4.76. The summed E-state index contributed by atoms with van der Waals surface area (Å²) in [6.45, 7) is 6.07. The molecule has 0 N–H and O–H groups in total. The molecule has 0 aromatic heterocycles. The van der Waals surface area contributed by atoms with Crippen molar-refractivity contribution in [2.45, 2.75) is 26.2 Å². The van der Waals surface area contributed by atoms with E-state index in [1.807, 2.05) is 26.8 Å². The van der Waals surface area contributed by atoms with Crippen LogP contribution in [0, 0.1) is 0 Å². The van der Waals surface area contributed by atoms with Gasteiger partial charge in [-0.2, -0.15) is 0 Å². The van der Waals surface area contributed by atoms with Crippen LogP contribution in [0.5, 0.6) is 5.75 Å². The minimum atomic E-state index is -1.21. The molecule has 0 aliphatic heterocycles. The van der Waals surface area contributed by atoms with Crippen molar-refractivity contribution in [2.24, 2.45) is 0 Å². The van der Waals surface area contributed by atoms with Gasteiger partial charge in [-0.3, -0.25) is 0 Å². The molecule has 0 unspecified atom stereocenters. The van der Waals surface area contributed by atoms with E-state index in [1.165, 1.54) is 7.11 Å². The maximum Gasteiger partial charge on any atom is 0.127 e. The van der Waals surface area contributed by atoms with Gasteiger partial charge in [0.25, 0.3) is 0 Å². The fourth-order valence-electron chi connectivity index (χ4n) is 1.33. The molecule has 0 radical (unpaired) electrons. The lowest BCUT2D eigenvalue weighted by atomic mass is 9.86. The van der Waals surface area contributed by atoms with E-state index in [-0.39, 0.29) is 11.0 Å². The second-order valence-electron chi connectivity index (χ2n) is 4.45. The lowest BCUT2D eigenvalue weighted by Crippen LogP contribution is -2.24. The van der Waals surface area contributed by atoms with E-state index in [1.54, 1.807) is 12.1 Å². The van der Waals surface area contributed by atoms with Gasteiger partial charge in [0.05, 0.1) is 13.1 Å². The van der Waals surface area contributed by atoms with Crippen LogP contribution in [0.25, 0.3) is 0 Å². The Balaban J connectivity index is 3.28. The molecule has 3 nitrogen and oxygen atoms in total. The molecule has 1 aromatic rings. The SMILES string of the molecule is COc1ccc(C(C)(C)C)cc1C(=O)[O-]. The van der Waals surface area contributed by atoms with Gasteiger partial charge < -0.3 is 14.6 Å². The lowest BCUT2D eigenvalue weighted by molar-refractivity contribution is -0.255. The summed E-state index contributed by atoms with van der Waals surface area (Å²) in [5.41, 5.74) is 0.962. The first kappa shape index (κ1) is 11.6. The van der Waals surface area contributed by atoms with Crippen LogP contribution in [0.4, 0.5) is 0 Å². The molecule has 0 aliphatic rings. The molecular formula is C12H15O3-. The van der Waals surface area contributed by atoms with E-state index in [9.17, 15) is 9.90 Å². The molecule has 0 aliphatic carbocycles. The van der Waals surface area contributed by atoms with Crippen molar-refractivity contribution in [1.29, 1.82) is 0 Å². The number of carbonyl (C=O) groups excluding carboxylic acids is 1. The Kier molecular flexibility index (Phi) is 3.03. The van der Waals surface area contributed by atoms with Gasteiger partial charge >= 0.3 is 0 Å². The standard InChI is InChI=1S/C12H16O3/c1-12(2,3)8-5-6-10(15-4)9(7-8)11(13)14/h5-7H,1-4H3,(H,13,14)/p-1. The second-order valence-corrected chi connectivity index (χ2v) is 4.45. The van der Waals surface area contributed by atoms with Gasteiger partial charge in [-0.15, -0.1) is 0 Å². The largest absolute Gasteiger partial charge is 0.545 e. The molecule has 0 heterocycles. The van der Waals surface area contributed by atoms with Crippen molar-refractivity contribution < 1.29 is 14.6 Å². The molecule has 0 bridgehead atoms. The average molecular weight is 207 g/mol. The number of carbonyl (C=O) groups is 1. The number of methoxy groups -OCH3 is 1. The van der Waals surface area contributed by atoms with E-state index < -0.39 is 5.97 Å². The van der Waals surface area contributed by atoms with Gasteiger partial charge in [0.15, 0.2) is 0 Å². The number of aromatic carboxylic acids is 1. The van der Waals surface area contributed by atoms with Crippen LogP contribution in [-0.4, -0.2) is 13.1 Å². The minimum Gasteiger partial charge on any atom is -0.545 e. The highest BCUT2D eigenvalue weighted by molar-refractivity contribution is 5.89. The van der Waals surface area contributed by atoms with E-state index in [0.29, 0.717) is 5.75 Å². The Labute approximate surface area is 89.7 Å². The van der Waals surface area contributed by atoms with Crippen molar-refractivity contribution >= 4 is 5.97 Å². The fourth-order valence-corrected chi connectivity index (χ4v) is 1.33. The van der Waals surface area contributed by atoms with E-state index in [4.69, 9.17) is 4.74 Å². The Bertz CT molecular complexity index is 375. The number of rotatable bonds is 2. The summed E-state index contributed by atoms with van der Waals surface area (Å²) in [6.07, 6.45) is 0.